The van der Waals surface area contributed by atoms with Gasteiger partial charge in [0.25, 0.3) is 5.91 Å². The van der Waals surface area contributed by atoms with Crippen LogP contribution in [-0.4, -0.2) is 60.7 Å². The van der Waals surface area contributed by atoms with Crippen molar-refractivity contribution >= 4 is 12.0 Å². The van der Waals surface area contributed by atoms with Crippen molar-refractivity contribution in [2.45, 2.75) is 33.8 Å². The summed E-state index contributed by atoms with van der Waals surface area (Å²) in [6.45, 7) is 9.92. The average Bonchev–Trinajstić information content (AvgIpc) is 2.69. The fourth-order valence-electron chi connectivity index (χ4n) is 2.89. The molecule has 7 nitrogen and oxygen atoms in total. The number of para-hydroxylation sites is 1. The van der Waals surface area contributed by atoms with Crippen LogP contribution in [0.5, 0.6) is 5.75 Å². The molecular formula is C21H29N3O4. The van der Waals surface area contributed by atoms with Gasteiger partial charge in [0.2, 0.25) is 0 Å². The number of hydrogen-bond donors (Lipinski definition) is 0. The second-order valence-electron chi connectivity index (χ2n) is 7.67. The topological polar surface area (TPSA) is 82.9 Å². The molecule has 152 valence electrons. The van der Waals surface area contributed by atoms with E-state index in [4.69, 9.17) is 9.47 Å². The molecule has 1 aromatic carbocycles. The van der Waals surface area contributed by atoms with E-state index >= 15 is 0 Å². The summed E-state index contributed by atoms with van der Waals surface area (Å²) >= 11 is 0. The van der Waals surface area contributed by atoms with Gasteiger partial charge >= 0.3 is 6.09 Å². The fraction of sp³-hybridized carbons (Fsp3) is 0.571. The molecule has 1 aliphatic heterocycles. The lowest BCUT2D eigenvalue weighted by atomic mass is 10.0. The van der Waals surface area contributed by atoms with E-state index in [2.05, 4.69) is 6.07 Å². The molecule has 2 amide bonds. The highest BCUT2D eigenvalue weighted by Crippen LogP contribution is 2.22. The zero-order chi connectivity index (χ0) is 20.7. The predicted molar refractivity (Wildman–Crippen MR) is 105 cm³/mol. The first-order valence-corrected chi connectivity index (χ1v) is 9.69. The van der Waals surface area contributed by atoms with Crippen molar-refractivity contribution in [3.63, 3.8) is 0 Å². The summed E-state index contributed by atoms with van der Waals surface area (Å²) in [6, 6.07) is 8.99. The Balaban J connectivity index is 1.98. The van der Waals surface area contributed by atoms with E-state index < -0.39 is 6.10 Å². The van der Waals surface area contributed by atoms with Gasteiger partial charge in [-0.2, -0.15) is 5.26 Å². The third-order valence-electron chi connectivity index (χ3n) is 4.50. The van der Waals surface area contributed by atoms with Crippen LogP contribution in [0.1, 0.15) is 33.3 Å². The molecule has 1 heterocycles. The third kappa shape index (κ3) is 5.62. The molecule has 1 atom stereocenters. The summed E-state index contributed by atoms with van der Waals surface area (Å²) < 4.78 is 11.2. The van der Waals surface area contributed by atoms with Crippen molar-refractivity contribution in [2.24, 2.45) is 11.8 Å². The second kappa shape index (κ2) is 9.98. The number of piperazine rings is 1. The monoisotopic (exact) mass is 387 g/mol. The number of rotatable bonds is 6. The van der Waals surface area contributed by atoms with Crippen LogP contribution in [0.3, 0.4) is 0 Å². The molecule has 2 rings (SSSR count). The second-order valence-corrected chi connectivity index (χ2v) is 7.67. The smallest absolute Gasteiger partial charge is 0.409 e. The van der Waals surface area contributed by atoms with E-state index in [1.807, 2.05) is 27.7 Å². The molecule has 0 aromatic heterocycles. The minimum absolute atomic E-state index is 0.0618. The first-order chi connectivity index (χ1) is 13.3. The SMILES string of the molecule is CC(C)COC(=O)N1CCN(C(=O)C(Oc2ccccc2C#N)C(C)C)CC1. The summed E-state index contributed by atoms with van der Waals surface area (Å²) in [5.41, 5.74) is 0.402. The Morgan fingerprint density at radius 3 is 2.25 bits per heavy atom. The zero-order valence-corrected chi connectivity index (χ0v) is 17.1. The maximum absolute atomic E-state index is 13.0. The van der Waals surface area contributed by atoms with Gasteiger partial charge in [0.05, 0.1) is 12.2 Å². The third-order valence-corrected chi connectivity index (χ3v) is 4.50. The lowest BCUT2D eigenvalue weighted by molar-refractivity contribution is -0.142. The average molecular weight is 387 g/mol. The van der Waals surface area contributed by atoms with Gasteiger partial charge in [-0.1, -0.05) is 39.8 Å². The van der Waals surface area contributed by atoms with Crippen molar-refractivity contribution in [3.8, 4) is 11.8 Å². The predicted octanol–water partition coefficient (Wildman–Crippen LogP) is 2.90. The Morgan fingerprint density at radius 1 is 1.07 bits per heavy atom. The minimum Gasteiger partial charge on any atom is -0.479 e. The van der Waals surface area contributed by atoms with Gasteiger partial charge in [-0.15, -0.1) is 0 Å². The van der Waals surface area contributed by atoms with Crippen molar-refractivity contribution in [1.82, 2.24) is 9.80 Å². The molecule has 0 N–H and O–H groups in total. The van der Waals surface area contributed by atoms with Gasteiger partial charge in [-0.3, -0.25) is 4.79 Å². The molecule has 7 heteroatoms. The molecule has 28 heavy (non-hydrogen) atoms. The number of ether oxygens (including phenoxy) is 2. The summed E-state index contributed by atoms with van der Waals surface area (Å²) in [5.74, 6) is 0.506. The highest BCUT2D eigenvalue weighted by Gasteiger charge is 2.32. The maximum Gasteiger partial charge on any atom is 0.409 e. The molecular weight excluding hydrogens is 358 g/mol. The van der Waals surface area contributed by atoms with Crippen LogP contribution in [0.15, 0.2) is 24.3 Å². The molecule has 0 bridgehead atoms. The minimum atomic E-state index is -0.686. The molecule has 0 spiro atoms. The number of carbonyl (C=O) groups is 2. The van der Waals surface area contributed by atoms with E-state index in [1.54, 1.807) is 34.1 Å². The highest BCUT2D eigenvalue weighted by atomic mass is 16.6. The lowest BCUT2D eigenvalue weighted by Gasteiger charge is -2.36. The summed E-state index contributed by atoms with van der Waals surface area (Å²) in [6.07, 6.45) is -1.02. The molecule has 1 saturated heterocycles. The van der Waals surface area contributed by atoms with E-state index in [1.165, 1.54) is 0 Å². The van der Waals surface area contributed by atoms with E-state index in [-0.39, 0.29) is 23.8 Å². The molecule has 1 aromatic rings. The van der Waals surface area contributed by atoms with Gasteiger partial charge in [0.1, 0.15) is 11.8 Å². The number of benzene rings is 1. The van der Waals surface area contributed by atoms with Gasteiger partial charge in [-0.05, 0) is 24.0 Å². The summed E-state index contributed by atoms with van der Waals surface area (Å²) in [5, 5.41) is 9.24. The Bertz CT molecular complexity index is 719. The van der Waals surface area contributed by atoms with Crippen molar-refractivity contribution < 1.29 is 19.1 Å². The number of nitriles is 1. The molecule has 1 unspecified atom stereocenters. The van der Waals surface area contributed by atoms with Crippen LogP contribution in [0, 0.1) is 23.2 Å². The van der Waals surface area contributed by atoms with Gasteiger partial charge in [0, 0.05) is 26.2 Å². The van der Waals surface area contributed by atoms with Crippen molar-refractivity contribution in [2.75, 3.05) is 32.8 Å². The number of amides is 2. The summed E-state index contributed by atoms with van der Waals surface area (Å²) in [7, 11) is 0. The fourth-order valence-corrected chi connectivity index (χ4v) is 2.89. The largest absolute Gasteiger partial charge is 0.479 e. The molecule has 1 aliphatic rings. The van der Waals surface area contributed by atoms with Gasteiger partial charge in [-0.25, -0.2) is 4.79 Å². The molecule has 0 saturated carbocycles. The Morgan fingerprint density at radius 2 is 1.68 bits per heavy atom. The van der Waals surface area contributed by atoms with Crippen LogP contribution in [0.2, 0.25) is 0 Å². The van der Waals surface area contributed by atoms with E-state index in [0.717, 1.165) is 0 Å². The van der Waals surface area contributed by atoms with E-state index in [9.17, 15) is 14.9 Å². The Labute approximate surface area is 166 Å². The molecule has 0 aliphatic carbocycles. The normalized spacial score (nSPS) is 15.3. The van der Waals surface area contributed by atoms with Gasteiger partial charge in [0.15, 0.2) is 6.10 Å². The zero-order valence-electron chi connectivity index (χ0n) is 17.1. The van der Waals surface area contributed by atoms with Crippen LogP contribution < -0.4 is 4.74 Å². The Kier molecular flexibility index (Phi) is 7.68. The maximum atomic E-state index is 13.0. The quantitative estimate of drug-likeness (QED) is 0.749. The molecule has 0 radical (unpaired) electrons. The van der Waals surface area contributed by atoms with Crippen LogP contribution in [0.25, 0.3) is 0 Å². The standard InChI is InChI=1S/C21H29N3O4/c1-15(2)14-27-21(26)24-11-9-23(10-12-24)20(25)19(16(3)4)28-18-8-6-5-7-17(18)13-22/h5-8,15-16,19H,9-12,14H2,1-4H3. The van der Waals surface area contributed by atoms with Crippen LogP contribution >= 0.6 is 0 Å². The molecule has 1 fully saturated rings. The number of hydrogen-bond acceptors (Lipinski definition) is 5. The number of carbonyl (C=O) groups excluding carboxylic acids is 2. The highest BCUT2D eigenvalue weighted by molar-refractivity contribution is 5.82. The van der Waals surface area contributed by atoms with Crippen molar-refractivity contribution in [1.29, 1.82) is 5.26 Å². The van der Waals surface area contributed by atoms with Gasteiger partial charge < -0.3 is 19.3 Å². The Hall–Kier alpha value is -2.75. The van der Waals surface area contributed by atoms with Crippen LogP contribution in [0.4, 0.5) is 4.79 Å². The summed E-state index contributed by atoms with van der Waals surface area (Å²) in [4.78, 5) is 28.4. The van der Waals surface area contributed by atoms with Crippen molar-refractivity contribution in [3.05, 3.63) is 29.8 Å². The number of nitrogens with zero attached hydrogens (tertiary/aromatic N) is 3. The first kappa shape index (κ1) is 21.5. The van der Waals surface area contributed by atoms with Crippen LogP contribution in [-0.2, 0) is 9.53 Å². The first-order valence-electron chi connectivity index (χ1n) is 9.69. The lowest BCUT2D eigenvalue weighted by Crippen LogP contribution is -2.54. The van der Waals surface area contributed by atoms with E-state index in [0.29, 0.717) is 44.1 Å².